The van der Waals surface area contributed by atoms with Crippen LogP contribution in [0, 0.1) is 0 Å². The van der Waals surface area contributed by atoms with Crippen molar-refractivity contribution in [1.29, 1.82) is 0 Å². The van der Waals surface area contributed by atoms with Crippen molar-refractivity contribution in [3.8, 4) is 0 Å². The standard InChI is InChI=1S/C13H16N4S/c1-2-4-10(5-3-1)11-6-8-12(9-7-11)14-13-15-16-17-18-13/h6-10H,1-5H2,(H,14,15,17). The fourth-order valence-corrected chi connectivity index (χ4v) is 2.97. The molecular weight excluding hydrogens is 244 g/mol. The van der Waals surface area contributed by atoms with Gasteiger partial charge in [-0.1, -0.05) is 41.0 Å². The third kappa shape index (κ3) is 2.67. The minimum Gasteiger partial charge on any atom is -0.329 e. The Morgan fingerprint density at radius 1 is 1.06 bits per heavy atom. The van der Waals surface area contributed by atoms with E-state index in [1.54, 1.807) is 0 Å². The van der Waals surface area contributed by atoms with Gasteiger partial charge in [0.1, 0.15) is 0 Å². The molecule has 1 aliphatic rings. The molecule has 2 aromatic rings. The molecule has 18 heavy (non-hydrogen) atoms. The van der Waals surface area contributed by atoms with Crippen LogP contribution in [0.5, 0.6) is 0 Å². The predicted octanol–water partition coefficient (Wildman–Crippen LogP) is 3.72. The average Bonchev–Trinajstić information content (AvgIpc) is 2.94. The second kappa shape index (κ2) is 5.44. The lowest BCUT2D eigenvalue weighted by atomic mass is 9.84. The van der Waals surface area contributed by atoms with Gasteiger partial charge in [-0.05, 0) is 41.7 Å². The Bertz CT molecular complexity index is 474. The Morgan fingerprint density at radius 2 is 1.83 bits per heavy atom. The molecule has 5 heteroatoms. The number of nitrogens with one attached hydrogen (secondary N) is 1. The Morgan fingerprint density at radius 3 is 2.50 bits per heavy atom. The summed E-state index contributed by atoms with van der Waals surface area (Å²) >= 11 is 1.27. The summed E-state index contributed by atoms with van der Waals surface area (Å²) in [5.41, 5.74) is 2.52. The van der Waals surface area contributed by atoms with Gasteiger partial charge in [-0.25, -0.2) is 0 Å². The van der Waals surface area contributed by atoms with E-state index in [1.165, 1.54) is 49.2 Å². The second-order valence-corrected chi connectivity index (χ2v) is 5.48. The van der Waals surface area contributed by atoms with Gasteiger partial charge in [0.25, 0.3) is 0 Å². The van der Waals surface area contributed by atoms with Crippen molar-refractivity contribution < 1.29 is 0 Å². The number of rotatable bonds is 3. The zero-order valence-electron chi connectivity index (χ0n) is 10.2. The van der Waals surface area contributed by atoms with E-state index in [0.29, 0.717) is 0 Å². The number of nitrogens with zero attached hydrogens (tertiary/aromatic N) is 3. The first kappa shape index (κ1) is 11.6. The SMILES string of the molecule is c1cc(C2CCCCC2)ccc1Nc1nnns1. The number of benzene rings is 1. The monoisotopic (exact) mass is 260 g/mol. The molecule has 1 heterocycles. The van der Waals surface area contributed by atoms with Gasteiger partial charge >= 0.3 is 0 Å². The van der Waals surface area contributed by atoms with Crippen LogP contribution >= 0.6 is 11.5 Å². The Balaban J connectivity index is 1.68. The normalized spacial score (nSPS) is 16.7. The third-order valence-corrected chi connectivity index (χ3v) is 4.05. The molecule has 1 aromatic heterocycles. The summed E-state index contributed by atoms with van der Waals surface area (Å²) in [4.78, 5) is 0. The van der Waals surface area contributed by atoms with Crippen LogP contribution in [0.4, 0.5) is 10.8 Å². The molecule has 0 unspecified atom stereocenters. The summed E-state index contributed by atoms with van der Waals surface area (Å²) < 4.78 is 3.73. The first-order valence-electron chi connectivity index (χ1n) is 6.44. The highest BCUT2D eigenvalue weighted by Gasteiger charge is 2.15. The Kier molecular flexibility index (Phi) is 3.50. The molecule has 1 aromatic carbocycles. The highest BCUT2D eigenvalue weighted by atomic mass is 32.1. The molecule has 1 fully saturated rings. The van der Waals surface area contributed by atoms with E-state index in [9.17, 15) is 0 Å². The van der Waals surface area contributed by atoms with Crippen LogP contribution in [0.3, 0.4) is 0 Å². The van der Waals surface area contributed by atoms with Crippen molar-refractivity contribution >= 4 is 22.4 Å². The van der Waals surface area contributed by atoms with Gasteiger partial charge in [0.2, 0.25) is 5.13 Å². The topological polar surface area (TPSA) is 50.7 Å². The first-order chi connectivity index (χ1) is 8.92. The number of anilines is 2. The fourth-order valence-electron chi connectivity index (χ4n) is 2.58. The molecule has 0 radical (unpaired) electrons. The molecule has 0 amide bonds. The number of hydrogen-bond acceptors (Lipinski definition) is 5. The van der Waals surface area contributed by atoms with Gasteiger partial charge in [0.15, 0.2) is 0 Å². The maximum atomic E-state index is 3.87. The van der Waals surface area contributed by atoms with Gasteiger partial charge in [-0.15, -0.1) is 0 Å². The minimum atomic E-state index is 0.736. The Labute approximate surface area is 111 Å². The first-order valence-corrected chi connectivity index (χ1v) is 7.21. The van der Waals surface area contributed by atoms with Gasteiger partial charge in [-0.2, -0.15) is 0 Å². The molecule has 1 saturated carbocycles. The summed E-state index contributed by atoms with van der Waals surface area (Å²) in [5.74, 6) is 0.760. The van der Waals surface area contributed by atoms with E-state index in [-0.39, 0.29) is 0 Å². The van der Waals surface area contributed by atoms with Crippen molar-refractivity contribution in [1.82, 2.24) is 14.8 Å². The number of aromatic nitrogens is 3. The molecule has 4 nitrogen and oxygen atoms in total. The van der Waals surface area contributed by atoms with Crippen molar-refractivity contribution in [2.75, 3.05) is 5.32 Å². The van der Waals surface area contributed by atoms with Crippen LogP contribution in [0.2, 0.25) is 0 Å². The summed E-state index contributed by atoms with van der Waals surface area (Å²) in [5, 5.41) is 11.4. The quantitative estimate of drug-likeness (QED) is 0.913. The zero-order chi connectivity index (χ0) is 12.2. The third-order valence-electron chi connectivity index (χ3n) is 3.54. The summed E-state index contributed by atoms with van der Waals surface area (Å²) in [6, 6.07) is 8.69. The van der Waals surface area contributed by atoms with Crippen LogP contribution < -0.4 is 5.32 Å². The summed E-state index contributed by atoms with van der Waals surface area (Å²) in [6.07, 6.45) is 6.84. The number of hydrogen-bond donors (Lipinski definition) is 1. The fraction of sp³-hybridized carbons (Fsp3) is 0.462. The highest BCUT2D eigenvalue weighted by molar-refractivity contribution is 7.09. The molecule has 0 saturated heterocycles. The molecule has 3 rings (SSSR count). The molecule has 1 N–H and O–H groups in total. The van der Waals surface area contributed by atoms with Crippen LogP contribution in [0.1, 0.15) is 43.6 Å². The lowest BCUT2D eigenvalue weighted by molar-refractivity contribution is 0.443. The van der Waals surface area contributed by atoms with Crippen molar-refractivity contribution in [2.24, 2.45) is 0 Å². The van der Waals surface area contributed by atoms with E-state index >= 15 is 0 Å². The van der Waals surface area contributed by atoms with E-state index < -0.39 is 0 Å². The molecular formula is C13H16N4S. The largest absolute Gasteiger partial charge is 0.329 e. The van der Waals surface area contributed by atoms with Gasteiger partial charge in [-0.3, -0.25) is 0 Å². The minimum absolute atomic E-state index is 0.736. The van der Waals surface area contributed by atoms with Crippen LogP contribution in [0.25, 0.3) is 0 Å². The molecule has 0 bridgehead atoms. The van der Waals surface area contributed by atoms with Crippen molar-refractivity contribution in [2.45, 2.75) is 38.0 Å². The highest BCUT2D eigenvalue weighted by Crippen LogP contribution is 2.33. The Hall–Kier alpha value is -1.49. The van der Waals surface area contributed by atoms with E-state index in [0.717, 1.165) is 16.7 Å². The lowest BCUT2D eigenvalue weighted by Gasteiger charge is -2.22. The smallest absolute Gasteiger partial charge is 0.229 e. The van der Waals surface area contributed by atoms with Crippen molar-refractivity contribution in [3.05, 3.63) is 29.8 Å². The van der Waals surface area contributed by atoms with Gasteiger partial charge < -0.3 is 5.32 Å². The van der Waals surface area contributed by atoms with Gasteiger partial charge in [0, 0.05) is 17.2 Å². The van der Waals surface area contributed by atoms with E-state index in [1.807, 2.05) is 0 Å². The predicted molar refractivity (Wildman–Crippen MR) is 73.3 cm³/mol. The maximum Gasteiger partial charge on any atom is 0.229 e. The summed E-state index contributed by atoms with van der Waals surface area (Å²) in [7, 11) is 0. The van der Waals surface area contributed by atoms with Crippen LogP contribution in [0.15, 0.2) is 24.3 Å². The van der Waals surface area contributed by atoms with E-state index in [4.69, 9.17) is 0 Å². The van der Waals surface area contributed by atoms with Crippen LogP contribution in [-0.4, -0.2) is 14.8 Å². The van der Waals surface area contributed by atoms with Crippen molar-refractivity contribution in [3.63, 3.8) is 0 Å². The van der Waals surface area contributed by atoms with Gasteiger partial charge in [0.05, 0.1) is 0 Å². The zero-order valence-corrected chi connectivity index (χ0v) is 11.0. The molecule has 0 atom stereocenters. The molecule has 94 valence electrons. The molecule has 0 spiro atoms. The lowest BCUT2D eigenvalue weighted by Crippen LogP contribution is -2.04. The molecule has 0 aliphatic heterocycles. The molecule has 1 aliphatic carbocycles. The van der Waals surface area contributed by atoms with E-state index in [2.05, 4.69) is 44.4 Å². The maximum absolute atomic E-state index is 3.87. The summed E-state index contributed by atoms with van der Waals surface area (Å²) in [6.45, 7) is 0. The van der Waals surface area contributed by atoms with Crippen LogP contribution in [-0.2, 0) is 0 Å². The average molecular weight is 260 g/mol. The second-order valence-electron chi connectivity index (χ2n) is 4.75.